The average Bonchev–Trinajstić information content (AvgIpc) is 3.39. The Hall–Kier alpha value is -3.35. The predicted octanol–water partition coefficient (Wildman–Crippen LogP) is 6.82. The van der Waals surface area contributed by atoms with E-state index in [1.165, 1.54) is 5.52 Å². The summed E-state index contributed by atoms with van der Waals surface area (Å²) in [5.41, 5.74) is 6.27. The maximum absolute atomic E-state index is 6.16. The zero-order valence-corrected chi connectivity index (χ0v) is 18.8. The van der Waals surface area contributed by atoms with Crippen molar-refractivity contribution in [1.29, 1.82) is 0 Å². The van der Waals surface area contributed by atoms with Gasteiger partial charge >= 0.3 is 0 Å². The lowest BCUT2D eigenvalue weighted by Gasteiger charge is -2.09. The summed E-state index contributed by atoms with van der Waals surface area (Å²) in [6.45, 7) is 1.43. The van der Waals surface area contributed by atoms with Gasteiger partial charge in [0.25, 0.3) is 0 Å². The highest BCUT2D eigenvalue weighted by Crippen LogP contribution is 2.26. The molecule has 0 aliphatic rings. The molecule has 0 aliphatic carbocycles. The molecule has 0 amide bonds. The molecule has 0 atom stereocenters. The number of aromatic nitrogens is 2. The summed E-state index contributed by atoms with van der Waals surface area (Å²) < 4.78 is 9.21. The first-order valence-electron chi connectivity index (χ1n) is 10.4. The Kier molecular flexibility index (Phi) is 6.05. The Balaban J connectivity index is 1.26. The van der Waals surface area contributed by atoms with Gasteiger partial charge in [-0.1, -0.05) is 65.4 Å². The normalized spacial score (nSPS) is 11.5. The largest absolute Gasteiger partial charge is 0.492 e. The Morgan fingerprint density at radius 1 is 1.03 bits per heavy atom. The standard InChI is InChI=1S/C25H21ClN4OS/c26-20-9-2-5-12-23(20)31-15-7-14-30-17-18(19-8-1-4-11-22(19)30)16-27-29-25-28-21-10-3-6-13-24(21)32-25/h1-6,8-13,16-17H,7,14-15H2,(H,28,29)/b27-16+. The molecule has 0 spiro atoms. The van der Waals surface area contributed by atoms with Crippen molar-refractivity contribution in [2.75, 3.05) is 12.0 Å². The van der Waals surface area contributed by atoms with E-state index in [9.17, 15) is 0 Å². The minimum atomic E-state index is 0.596. The number of ether oxygens (including phenoxy) is 1. The molecule has 2 aromatic heterocycles. The molecular weight excluding hydrogens is 440 g/mol. The van der Waals surface area contributed by atoms with E-state index in [-0.39, 0.29) is 0 Å². The molecular formula is C25H21ClN4OS. The van der Waals surface area contributed by atoms with Gasteiger partial charge in [-0.15, -0.1) is 0 Å². The molecule has 0 unspecified atom stereocenters. The third-order valence-corrected chi connectivity index (χ3v) is 6.37. The number of fused-ring (bicyclic) bond motifs is 2. The number of aryl methyl sites for hydroxylation is 1. The van der Waals surface area contributed by atoms with Crippen LogP contribution in [0.3, 0.4) is 0 Å². The molecule has 32 heavy (non-hydrogen) atoms. The molecule has 3 aromatic carbocycles. The predicted molar refractivity (Wildman–Crippen MR) is 134 cm³/mol. The number of hydrogen-bond acceptors (Lipinski definition) is 5. The summed E-state index contributed by atoms with van der Waals surface area (Å²) in [5, 5.41) is 7.02. The van der Waals surface area contributed by atoms with Crippen molar-refractivity contribution in [2.45, 2.75) is 13.0 Å². The number of benzene rings is 3. The van der Waals surface area contributed by atoms with Crippen LogP contribution in [0.25, 0.3) is 21.1 Å². The van der Waals surface area contributed by atoms with Gasteiger partial charge in [-0.2, -0.15) is 5.10 Å². The van der Waals surface area contributed by atoms with Gasteiger partial charge in [0.15, 0.2) is 0 Å². The molecule has 2 heterocycles. The molecule has 0 fully saturated rings. The van der Waals surface area contributed by atoms with E-state index in [1.54, 1.807) is 11.3 Å². The van der Waals surface area contributed by atoms with Gasteiger partial charge in [-0.05, 0) is 36.8 Å². The quantitative estimate of drug-likeness (QED) is 0.157. The second kappa shape index (κ2) is 9.42. The van der Waals surface area contributed by atoms with Crippen LogP contribution in [0.5, 0.6) is 5.75 Å². The van der Waals surface area contributed by atoms with Crippen LogP contribution in [0.15, 0.2) is 84.1 Å². The fourth-order valence-corrected chi connectivity index (χ4v) is 4.62. The van der Waals surface area contributed by atoms with E-state index >= 15 is 0 Å². The maximum Gasteiger partial charge on any atom is 0.204 e. The molecule has 0 bridgehead atoms. The van der Waals surface area contributed by atoms with Crippen molar-refractivity contribution in [3.63, 3.8) is 0 Å². The van der Waals surface area contributed by atoms with Crippen molar-refractivity contribution >= 4 is 55.4 Å². The molecule has 160 valence electrons. The Bertz CT molecular complexity index is 1360. The summed E-state index contributed by atoms with van der Waals surface area (Å²) in [5.74, 6) is 0.722. The van der Waals surface area contributed by atoms with E-state index in [1.807, 2.05) is 54.7 Å². The van der Waals surface area contributed by atoms with Crippen LogP contribution in [0.2, 0.25) is 5.02 Å². The maximum atomic E-state index is 6.16. The number of anilines is 1. The number of hydrazone groups is 1. The molecule has 5 rings (SSSR count). The summed E-state index contributed by atoms with van der Waals surface area (Å²) in [6, 6.07) is 24.0. The van der Waals surface area contributed by atoms with E-state index in [4.69, 9.17) is 16.3 Å². The second-order valence-electron chi connectivity index (χ2n) is 7.28. The van der Waals surface area contributed by atoms with Gasteiger partial charge in [0.2, 0.25) is 5.13 Å². The van der Waals surface area contributed by atoms with E-state index in [0.29, 0.717) is 11.6 Å². The van der Waals surface area contributed by atoms with Crippen molar-refractivity contribution in [3.05, 3.63) is 89.6 Å². The van der Waals surface area contributed by atoms with Crippen molar-refractivity contribution in [3.8, 4) is 5.75 Å². The van der Waals surface area contributed by atoms with Gasteiger partial charge in [0.05, 0.1) is 28.1 Å². The van der Waals surface area contributed by atoms with Crippen LogP contribution in [0, 0.1) is 0 Å². The van der Waals surface area contributed by atoms with Crippen molar-refractivity contribution < 1.29 is 4.74 Å². The SMILES string of the molecule is Clc1ccccc1OCCCn1cc(/C=N/Nc2nc3ccccc3s2)c2ccccc21. The van der Waals surface area contributed by atoms with Crippen molar-refractivity contribution in [2.24, 2.45) is 5.10 Å². The summed E-state index contributed by atoms with van der Waals surface area (Å²) >= 11 is 7.75. The van der Waals surface area contributed by atoms with Crippen LogP contribution in [0.4, 0.5) is 5.13 Å². The number of hydrogen-bond donors (Lipinski definition) is 1. The first-order chi connectivity index (χ1) is 15.8. The molecule has 0 radical (unpaired) electrons. The third kappa shape index (κ3) is 4.47. The Morgan fingerprint density at radius 3 is 2.75 bits per heavy atom. The highest BCUT2D eigenvalue weighted by atomic mass is 35.5. The summed E-state index contributed by atoms with van der Waals surface area (Å²) in [6.07, 6.45) is 4.85. The summed E-state index contributed by atoms with van der Waals surface area (Å²) in [4.78, 5) is 4.56. The fraction of sp³-hybridized carbons (Fsp3) is 0.120. The first kappa shape index (κ1) is 20.5. The Morgan fingerprint density at radius 2 is 1.84 bits per heavy atom. The lowest BCUT2D eigenvalue weighted by Crippen LogP contribution is -2.04. The summed E-state index contributed by atoms with van der Waals surface area (Å²) in [7, 11) is 0. The zero-order chi connectivity index (χ0) is 21.8. The Labute approximate surface area is 194 Å². The van der Waals surface area contributed by atoms with E-state index in [2.05, 4.69) is 50.5 Å². The number of thiazole rings is 1. The van der Waals surface area contributed by atoms with Gasteiger partial charge in [0.1, 0.15) is 5.75 Å². The monoisotopic (exact) mass is 460 g/mol. The number of nitrogens with zero attached hydrogens (tertiary/aromatic N) is 3. The number of halogens is 1. The molecule has 0 saturated heterocycles. The smallest absolute Gasteiger partial charge is 0.204 e. The van der Waals surface area contributed by atoms with Gasteiger partial charge < -0.3 is 9.30 Å². The van der Waals surface area contributed by atoms with Crippen LogP contribution < -0.4 is 10.2 Å². The molecule has 0 aliphatic heterocycles. The second-order valence-corrected chi connectivity index (χ2v) is 8.72. The highest BCUT2D eigenvalue weighted by Gasteiger charge is 2.07. The van der Waals surface area contributed by atoms with Gasteiger partial charge in [0, 0.05) is 29.2 Å². The first-order valence-corrected chi connectivity index (χ1v) is 11.6. The van der Waals surface area contributed by atoms with Crippen LogP contribution in [-0.4, -0.2) is 22.4 Å². The van der Waals surface area contributed by atoms with Crippen LogP contribution in [-0.2, 0) is 6.54 Å². The van der Waals surface area contributed by atoms with Crippen LogP contribution >= 0.6 is 22.9 Å². The van der Waals surface area contributed by atoms with Crippen LogP contribution in [0.1, 0.15) is 12.0 Å². The average molecular weight is 461 g/mol. The van der Waals surface area contributed by atoms with Gasteiger partial charge in [-0.25, -0.2) is 4.98 Å². The highest BCUT2D eigenvalue weighted by molar-refractivity contribution is 7.22. The van der Waals surface area contributed by atoms with E-state index < -0.39 is 0 Å². The molecule has 1 N–H and O–H groups in total. The number of para-hydroxylation sites is 3. The van der Waals surface area contributed by atoms with Crippen molar-refractivity contribution in [1.82, 2.24) is 9.55 Å². The fourth-order valence-electron chi connectivity index (χ4n) is 3.62. The van der Waals surface area contributed by atoms with E-state index in [0.717, 1.165) is 45.0 Å². The minimum Gasteiger partial charge on any atom is -0.492 e. The number of nitrogens with one attached hydrogen (secondary N) is 1. The molecule has 5 aromatic rings. The zero-order valence-electron chi connectivity index (χ0n) is 17.2. The minimum absolute atomic E-state index is 0.596. The topological polar surface area (TPSA) is 51.4 Å². The molecule has 5 nitrogen and oxygen atoms in total. The lowest BCUT2D eigenvalue weighted by atomic mass is 10.2. The lowest BCUT2D eigenvalue weighted by molar-refractivity contribution is 0.303. The number of rotatable bonds is 8. The van der Waals surface area contributed by atoms with Gasteiger partial charge in [-0.3, -0.25) is 5.43 Å². The third-order valence-electron chi connectivity index (χ3n) is 5.11. The molecule has 0 saturated carbocycles. The molecule has 7 heteroatoms.